The van der Waals surface area contributed by atoms with Gasteiger partial charge >= 0.3 is 5.97 Å². The van der Waals surface area contributed by atoms with E-state index < -0.39 is 5.97 Å². The molecule has 0 bridgehead atoms. The van der Waals surface area contributed by atoms with E-state index in [0.717, 1.165) is 31.3 Å². The second-order valence-electron chi connectivity index (χ2n) is 5.84. The quantitative estimate of drug-likeness (QED) is 0.291. The molecule has 0 radical (unpaired) electrons. The van der Waals surface area contributed by atoms with Gasteiger partial charge in [-0.25, -0.2) is 9.79 Å². The molecule has 2 aromatic rings. The summed E-state index contributed by atoms with van der Waals surface area (Å²) in [5, 5.41) is 0. The summed E-state index contributed by atoms with van der Waals surface area (Å²) in [6, 6.07) is 13.3. The molecule has 4 nitrogen and oxygen atoms in total. The van der Waals surface area contributed by atoms with E-state index in [4.69, 9.17) is 9.47 Å². The van der Waals surface area contributed by atoms with Crippen LogP contribution in [0.5, 0.6) is 5.75 Å². The van der Waals surface area contributed by atoms with Gasteiger partial charge in [0.25, 0.3) is 0 Å². The third kappa shape index (κ3) is 4.35. The maximum absolute atomic E-state index is 12.2. The molecule has 0 aliphatic carbocycles. The lowest BCUT2D eigenvalue weighted by Crippen LogP contribution is -2.10. The zero-order valence-corrected chi connectivity index (χ0v) is 18.1. The summed E-state index contributed by atoms with van der Waals surface area (Å²) < 4.78 is 13.3. The van der Waals surface area contributed by atoms with Crippen molar-refractivity contribution >= 4 is 56.5 Å². The Morgan fingerprint density at radius 2 is 2.08 bits per heavy atom. The minimum atomic E-state index is -0.465. The van der Waals surface area contributed by atoms with Crippen molar-refractivity contribution in [1.29, 1.82) is 0 Å². The summed E-state index contributed by atoms with van der Waals surface area (Å²) in [5.74, 6) is 0.564. The standard InChI is InChI=1S/C20H17BrINO3/c1-3-12(2)25-18-7-5-4-6-13(18)11-17-20(24)26-19(23-17)14-8-9-16(22)15(21)10-14/h4-12H,3H2,1-2H3/b17-11-. The Labute approximate surface area is 174 Å². The highest BCUT2D eigenvalue weighted by atomic mass is 127. The van der Waals surface area contributed by atoms with E-state index >= 15 is 0 Å². The lowest BCUT2D eigenvalue weighted by atomic mass is 10.1. The van der Waals surface area contributed by atoms with Gasteiger partial charge in [-0.1, -0.05) is 25.1 Å². The van der Waals surface area contributed by atoms with Crippen LogP contribution in [0.15, 0.2) is 57.6 Å². The summed E-state index contributed by atoms with van der Waals surface area (Å²) in [4.78, 5) is 16.6. The zero-order valence-electron chi connectivity index (χ0n) is 14.3. The number of rotatable bonds is 5. The molecule has 3 rings (SSSR count). The SMILES string of the molecule is CCC(C)Oc1ccccc1/C=C1\N=C(c2ccc(I)c(Br)c2)OC1=O. The Hall–Kier alpha value is -1.67. The maximum Gasteiger partial charge on any atom is 0.363 e. The van der Waals surface area contributed by atoms with Gasteiger partial charge in [0.1, 0.15) is 5.75 Å². The van der Waals surface area contributed by atoms with Crippen LogP contribution in [0, 0.1) is 3.57 Å². The molecule has 0 N–H and O–H groups in total. The number of esters is 1. The molecule has 0 aromatic heterocycles. The molecule has 0 amide bonds. The Morgan fingerprint density at radius 1 is 1.31 bits per heavy atom. The fourth-order valence-electron chi connectivity index (χ4n) is 2.32. The largest absolute Gasteiger partial charge is 0.490 e. The van der Waals surface area contributed by atoms with Crippen LogP contribution in [0.1, 0.15) is 31.4 Å². The molecular formula is C20H17BrINO3. The Bertz CT molecular complexity index is 908. The lowest BCUT2D eigenvalue weighted by molar-refractivity contribution is -0.129. The van der Waals surface area contributed by atoms with E-state index in [1.165, 1.54) is 0 Å². The van der Waals surface area contributed by atoms with E-state index in [2.05, 4.69) is 50.4 Å². The molecule has 0 spiro atoms. The Morgan fingerprint density at radius 3 is 2.81 bits per heavy atom. The normalized spacial score (nSPS) is 16.4. The van der Waals surface area contributed by atoms with Gasteiger partial charge in [-0.05, 0) is 82.2 Å². The molecule has 1 aliphatic heterocycles. The van der Waals surface area contributed by atoms with Crippen LogP contribution in [0.25, 0.3) is 6.08 Å². The Balaban J connectivity index is 1.93. The zero-order chi connectivity index (χ0) is 18.7. The van der Waals surface area contributed by atoms with Gasteiger partial charge in [0.05, 0.1) is 6.10 Å². The van der Waals surface area contributed by atoms with Crippen LogP contribution in [-0.2, 0) is 9.53 Å². The molecule has 0 fully saturated rings. The number of carbonyl (C=O) groups is 1. The fraction of sp³-hybridized carbons (Fsp3) is 0.200. The van der Waals surface area contributed by atoms with Gasteiger partial charge in [-0.15, -0.1) is 0 Å². The minimum absolute atomic E-state index is 0.0910. The predicted octanol–water partition coefficient (Wildman–Crippen LogP) is 5.58. The second-order valence-corrected chi connectivity index (χ2v) is 7.86. The Kier molecular flexibility index (Phi) is 6.13. The molecule has 1 heterocycles. The van der Waals surface area contributed by atoms with Crippen molar-refractivity contribution in [2.45, 2.75) is 26.4 Å². The molecule has 134 valence electrons. The first kappa shape index (κ1) is 19.1. The first-order valence-electron chi connectivity index (χ1n) is 8.21. The van der Waals surface area contributed by atoms with Crippen molar-refractivity contribution in [3.63, 3.8) is 0 Å². The minimum Gasteiger partial charge on any atom is -0.490 e. The highest BCUT2D eigenvalue weighted by Gasteiger charge is 2.25. The van der Waals surface area contributed by atoms with Gasteiger partial charge in [0.2, 0.25) is 5.90 Å². The molecule has 1 atom stereocenters. The predicted molar refractivity (Wildman–Crippen MR) is 114 cm³/mol. The molecule has 0 saturated heterocycles. The van der Waals surface area contributed by atoms with Crippen molar-refractivity contribution in [2.75, 3.05) is 0 Å². The van der Waals surface area contributed by atoms with E-state index in [9.17, 15) is 4.79 Å². The average molecular weight is 526 g/mol. The summed E-state index contributed by atoms with van der Waals surface area (Å²) >= 11 is 5.71. The molecular weight excluding hydrogens is 509 g/mol. The third-order valence-corrected chi connectivity index (χ3v) is 6.24. The van der Waals surface area contributed by atoms with Crippen LogP contribution in [0.4, 0.5) is 0 Å². The molecule has 2 aromatic carbocycles. The highest BCUT2D eigenvalue weighted by molar-refractivity contribution is 14.1. The monoisotopic (exact) mass is 525 g/mol. The van der Waals surface area contributed by atoms with Gasteiger partial charge in [-0.3, -0.25) is 0 Å². The number of benzene rings is 2. The van der Waals surface area contributed by atoms with Gasteiger partial charge < -0.3 is 9.47 Å². The van der Waals surface area contributed by atoms with Crippen LogP contribution < -0.4 is 4.74 Å². The van der Waals surface area contributed by atoms with Gasteiger partial charge in [0.15, 0.2) is 5.70 Å². The number of cyclic esters (lactones) is 1. The number of halogens is 2. The van der Waals surface area contributed by atoms with Crippen LogP contribution >= 0.6 is 38.5 Å². The summed E-state index contributed by atoms with van der Waals surface area (Å²) in [6.07, 6.45) is 2.69. The third-order valence-electron chi connectivity index (χ3n) is 3.90. The number of ether oxygens (including phenoxy) is 2. The maximum atomic E-state index is 12.2. The van der Waals surface area contributed by atoms with Crippen molar-refractivity contribution in [3.8, 4) is 5.75 Å². The van der Waals surface area contributed by atoms with E-state index in [0.29, 0.717) is 5.90 Å². The smallest absolute Gasteiger partial charge is 0.363 e. The lowest BCUT2D eigenvalue weighted by Gasteiger charge is -2.14. The van der Waals surface area contributed by atoms with E-state index in [-0.39, 0.29) is 11.8 Å². The van der Waals surface area contributed by atoms with Gasteiger partial charge in [0, 0.05) is 19.2 Å². The van der Waals surface area contributed by atoms with E-state index in [1.807, 2.05) is 49.4 Å². The van der Waals surface area contributed by atoms with Crippen molar-refractivity contribution < 1.29 is 14.3 Å². The van der Waals surface area contributed by atoms with Crippen LogP contribution in [0.3, 0.4) is 0 Å². The van der Waals surface area contributed by atoms with Crippen LogP contribution in [-0.4, -0.2) is 18.0 Å². The number of para-hydroxylation sites is 1. The fourth-order valence-corrected chi connectivity index (χ4v) is 3.03. The first-order valence-corrected chi connectivity index (χ1v) is 10.1. The second kappa shape index (κ2) is 8.35. The number of carbonyl (C=O) groups excluding carboxylic acids is 1. The van der Waals surface area contributed by atoms with Crippen LogP contribution in [0.2, 0.25) is 0 Å². The number of aliphatic imine (C=N–C) groups is 1. The molecule has 6 heteroatoms. The van der Waals surface area contributed by atoms with Crippen molar-refractivity contribution in [2.24, 2.45) is 4.99 Å². The van der Waals surface area contributed by atoms with E-state index in [1.54, 1.807) is 6.08 Å². The number of nitrogens with zero attached hydrogens (tertiary/aromatic N) is 1. The summed E-state index contributed by atoms with van der Waals surface area (Å²) in [6.45, 7) is 4.08. The molecule has 26 heavy (non-hydrogen) atoms. The topological polar surface area (TPSA) is 47.9 Å². The van der Waals surface area contributed by atoms with Gasteiger partial charge in [-0.2, -0.15) is 0 Å². The molecule has 1 aliphatic rings. The van der Waals surface area contributed by atoms with Crippen molar-refractivity contribution in [3.05, 3.63) is 67.3 Å². The molecule has 1 unspecified atom stereocenters. The highest BCUT2D eigenvalue weighted by Crippen LogP contribution is 2.27. The summed E-state index contributed by atoms with van der Waals surface area (Å²) in [7, 11) is 0. The van der Waals surface area contributed by atoms with Crippen molar-refractivity contribution in [1.82, 2.24) is 0 Å². The summed E-state index contributed by atoms with van der Waals surface area (Å²) in [5.41, 5.74) is 1.81. The first-order chi connectivity index (χ1) is 12.5. The number of hydrogen-bond donors (Lipinski definition) is 0. The molecule has 0 saturated carbocycles. The number of hydrogen-bond acceptors (Lipinski definition) is 4. The average Bonchev–Trinajstić information content (AvgIpc) is 2.99.